The van der Waals surface area contributed by atoms with Gasteiger partial charge >= 0.3 is 0 Å². The molecule has 0 saturated carbocycles. The van der Waals surface area contributed by atoms with Gasteiger partial charge in [-0.05, 0) is 31.3 Å². The second-order valence-electron chi connectivity index (χ2n) is 5.08. The molecular weight excluding hydrogens is 202 g/mol. The first-order valence-corrected chi connectivity index (χ1v) is 6.29. The van der Waals surface area contributed by atoms with Crippen molar-refractivity contribution in [3.05, 3.63) is 0 Å². The quantitative estimate of drug-likeness (QED) is 0.722. The van der Waals surface area contributed by atoms with Gasteiger partial charge in [0.1, 0.15) is 0 Å². The molecule has 0 atom stereocenters. The van der Waals surface area contributed by atoms with E-state index in [0.29, 0.717) is 25.0 Å². The van der Waals surface area contributed by atoms with Gasteiger partial charge in [0.05, 0.1) is 6.54 Å². The van der Waals surface area contributed by atoms with Crippen molar-refractivity contribution >= 4 is 5.91 Å². The molecule has 1 aliphatic rings. The molecule has 4 heteroatoms. The Kier molecular flexibility index (Phi) is 5.22. The van der Waals surface area contributed by atoms with Gasteiger partial charge in [0, 0.05) is 13.1 Å². The van der Waals surface area contributed by atoms with E-state index in [0.717, 1.165) is 13.1 Å². The third-order valence-corrected chi connectivity index (χ3v) is 3.75. The lowest BCUT2D eigenvalue weighted by molar-refractivity contribution is -0.122. The van der Waals surface area contributed by atoms with Crippen LogP contribution in [0.5, 0.6) is 0 Å². The molecule has 1 saturated heterocycles. The summed E-state index contributed by atoms with van der Waals surface area (Å²) in [6, 6.07) is 0. The zero-order valence-electron chi connectivity index (χ0n) is 10.6. The monoisotopic (exact) mass is 227 g/mol. The van der Waals surface area contributed by atoms with E-state index in [1.54, 1.807) is 0 Å². The summed E-state index contributed by atoms with van der Waals surface area (Å²) in [7, 11) is 0. The fourth-order valence-electron chi connectivity index (χ4n) is 2.08. The highest BCUT2D eigenvalue weighted by atomic mass is 16.2. The summed E-state index contributed by atoms with van der Waals surface area (Å²) in [6.45, 7) is 8.31. The minimum Gasteiger partial charge on any atom is -0.354 e. The maximum absolute atomic E-state index is 11.5. The van der Waals surface area contributed by atoms with Crippen molar-refractivity contribution in [2.45, 2.75) is 33.1 Å². The van der Waals surface area contributed by atoms with E-state index in [9.17, 15) is 4.79 Å². The average molecular weight is 227 g/mol. The van der Waals surface area contributed by atoms with Crippen molar-refractivity contribution in [2.24, 2.45) is 11.1 Å². The normalized spacial score (nSPS) is 20.7. The smallest absolute Gasteiger partial charge is 0.234 e. The summed E-state index contributed by atoms with van der Waals surface area (Å²) < 4.78 is 0. The fraction of sp³-hybridized carbons (Fsp3) is 0.917. The van der Waals surface area contributed by atoms with Crippen molar-refractivity contribution in [3.63, 3.8) is 0 Å². The Bertz CT molecular complexity index is 222. The van der Waals surface area contributed by atoms with Crippen molar-refractivity contribution < 1.29 is 4.79 Å². The van der Waals surface area contributed by atoms with Gasteiger partial charge in [-0.25, -0.2) is 0 Å². The van der Waals surface area contributed by atoms with Crippen LogP contribution in [-0.4, -0.2) is 43.5 Å². The molecule has 0 aromatic rings. The second-order valence-corrected chi connectivity index (χ2v) is 5.08. The molecule has 0 bridgehead atoms. The number of nitrogens with two attached hydrogens (primary N) is 1. The molecule has 0 aromatic heterocycles. The molecule has 1 aliphatic heterocycles. The number of piperidine rings is 1. The molecule has 1 fully saturated rings. The molecule has 1 rings (SSSR count). The summed E-state index contributed by atoms with van der Waals surface area (Å²) in [5.41, 5.74) is 5.83. The van der Waals surface area contributed by atoms with Gasteiger partial charge in [0.2, 0.25) is 5.91 Å². The van der Waals surface area contributed by atoms with Gasteiger partial charge in [-0.3, -0.25) is 9.69 Å². The number of hydrogen-bond donors (Lipinski definition) is 2. The number of rotatable bonds is 5. The Morgan fingerprint density at radius 3 is 2.56 bits per heavy atom. The Morgan fingerprint density at radius 1 is 1.44 bits per heavy atom. The Morgan fingerprint density at radius 2 is 2.06 bits per heavy atom. The standard InChI is InChI=1S/C12H25N3O/c1-3-12(2)4-8-15(9-5-12)10-11(16)14-7-6-13/h3-10,13H2,1-2H3,(H,14,16). The zero-order valence-corrected chi connectivity index (χ0v) is 10.6. The molecule has 3 N–H and O–H groups in total. The van der Waals surface area contributed by atoms with E-state index >= 15 is 0 Å². The molecule has 0 unspecified atom stereocenters. The molecule has 1 amide bonds. The largest absolute Gasteiger partial charge is 0.354 e. The van der Waals surface area contributed by atoms with E-state index in [1.807, 2.05) is 0 Å². The van der Waals surface area contributed by atoms with Gasteiger partial charge < -0.3 is 11.1 Å². The molecule has 0 radical (unpaired) electrons. The molecule has 16 heavy (non-hydrogen) atoms. The summed E-state index contributed by atoms with van der Waals surface area (Å²) >= 11 is 0. The van der Waals surface area contributed by atoms with E-state index in [1.165, 1.54) is 19.3 Å². The molecule has 0 aliphatic carbocycles. The molecule has 0 aromatic carbocycles. The zero-order chi connectivity index (χ0) is 12.0. The highest BCUT2D eigenvalue weighted by Crippen LogP contribution is 2.33. The molecule has 4 nitrogen and oxygen atoms in total. The van der Waals surface area contributed by atoms with E-state index in [2.05, 4.69) is 24.1 Å². The van der Waals surface area contributed by atoms with Crippen LogP contribution in [0, 0.1) is 5.41 Å². The first-order chi connectivity index (χ1) is 7.59. The van der Waals surface area contributed by atoms with Crippen LogP contribution >= 0.6 is 0 Å². The lowest BCUT2D eigenvalue weighted by Gasteiger charge is -2.38. The Balaban J connectivity index is 2.24. The van der Waals surface area contributed by atoms with Crippen LogP contribution in [-0.2, 0) is 4.79 Å². The fourth-order valence-corrected chi connectivity index (χ4v) is 2.08. The number of nitrogens with zero attached hydrogens (tertiary/aromatic N) is 1. The van der Waals surface area contributed by atoms with Gasteiger partial charge in [-0.15, -0.1) is 0 Å². The predicted molar refractivity (Wildman–Crippen MR) is 66.1 cm³/mol. The lowest BCUT2D eigenvalue weighted by atomic mass is 9.78. The SMILES string of the molecule is CCC1(C)CCN(CC(=O)NCCN)CC1. The van der Waals surface area contributed by atoms with Crippen LogP contribution in [0.15, 0.2) is 0 Å². The third-order valence-electron chi connectivity index (χ3n) is 3.75. The van der Waals surface area contributed by atoms with Gasteiger partial charge in [-0.1, -0.05) is 20.3 Å². The van der Waals surface area contributed by atoms with Crippen molar-refractivity contribution in [1.29, 1.82) is 0 Å². The van der Waals surface area contributed by atoms with Crippen LogP contribution in [0.1, 0.15) is 33.1 Å². The van der Waals surface area contributed by atoms with E-state index in [4.69, 9.17) is 5.73 Å². The molecule has 0 spiro atoms. The van der Waals surface area contributed by atoms with Crippen molar-refractivity contribution in [2.75, 3.05) is 32.7 Å². The van der Waals surface area contributed by atoms with Crippen LogP contribution in [0.2, 0.25) is 0 Å². The summed E-state index contributed by atoms with van der Waals surface area (Å²) in [5, 5.41) is 2.81. The van der Waals surface area contributed by atoms with Crippen LogP contribution < -0.4 is 11.1 Å². The van der Waals surface area contributed by atoms with Gasteiger partial charge in [0.25, 0.3) is 0 Å². The second kappa shape index (κ2) is 6.21. The number of carbonyl (C=O) groups is 1. The lowest BCUT2D eigenvalue weighted by Crippen LogP contribution is -2.44. The maximum atomic E-state index is 11.5. The van der Waals surface area contributed by atoms with Crippen LogP contribution in [0.4, 0.5) is 0 Å². The topological polar surface area (TPSA) is 58.4 Å². The third kappa shape index (κ3) is 4.10. The number of hydrogen-bond acceptors (Lipinski definition) is 3. The Labute approximate surface area is 98.6 Å². The van der Waals surface area contributed by atoms with Crippen molar-refractivity contribution in [1.82, 2.24) is 10.2 Å². The van der Waals surface area contributed by atoms with Crippen LogP contribution in [0.25, 0.3) is 0 Å². The van der Waals surface area contributed by atoms with Gasteiger partial charge in [0.15, 0.2) is 0 Å². The van der Waals surface area contributed by atoms with Crippen LogP contribution in [0.3, 0.4) is 0 Å². The summed E-state index contributed by atoms with van der Waals surface area (Å²) in [6.07, 6.45) is 3.64. The minimum atomic E-state index is 0.102. The number of likely N-dealkylation sites (tertiary alicyclic amines) is 1. The van der Waals surface area contributed by atoms with Gasteiger partial charge in [-0.2, -0.15) is 0 Å². The average Bonchev–Trinajstić information content (AvgIpc) is 2.30. The summed E-state index contributed by atoms with van der Waals surface area (Å²) in [5.74, 6) is 0.102. The number of carbonyl (C=O) groups excluding carboxylic acids is 1. The predicted octanol–water partition coefficient (Wildman–Crippen LogP) is 0.573. The number of amides is 1. The summed E-state index contributed by atoms with van der Waals surface area (Å²) in [4.78, 5) is 13.7. The molecular formula is C12H25N3O. The first-order valence-electron chi connectivity index (χ1n) is 6.29. The van der Waals surface area contributed by atoms with Crippen molar-refractivity contribution in [3.8, 4) is 0 Å². The maximum Gasteiger partial charge on any atom is 0.234 e. The van der Waals surface area contributed by atoms with E-state index < -0.39 is 0 Å². The van der Waals surface area contributed by atoms with E-state index in [-0.39, 0.29) is 5.91 Å². The highest BCUT2D eigenvalue weighted by Gasteiger charge is 2.28. The minimum absolute atomic E-state index is 0.102. The highest BCUT2D eigenvalue weighted by molar-refractivity contribution is 5.77. The molecule has 94 valence electrons. The number of nitrogens with one attached hydrogen (secondary N) is 1. The Hall–Kier alpha value is -0.610. The molecule has 1 heterocycles. The first kappa shape index (κ1) is 13.5.